The molecule has 0 radical (unpaired) electrons. The van der Waals surface area contributed by atoms with Gasteiger partial charge in [0, 0.05) is 35.2 Å². The van der Waals surface area contributed by atoms with Gasteiger partial charge in [0.15, 0.2) is 5.65 Å². The highest BCUT2D eigenvalue weighted by Gasteiger charge is 2.28. The number of aryl methyl sites for hydroxylation is 1. The van der Waals surface area contributed by atoms with E-state index in [2.05, 4.69) is 69.2 Å². The Morgan fingerprint density at radius 2 is 1.66 bits per heavy atom. The van der Waals surface area contributed by atoms with Crippen molar-refractivity contribution >= 4 is 23.1 Å². The zero-order valence-electron chi connectivity index (χ0n) is 18.3. The zero-order valence-corrected chi connectivity index (χ0v) is 19.1. The molecule has 3 aromatic rings. The summed E-state index contributed by atoms with van der Waals surface area (Å²) in [6, 6.07) is 10.2. The van der Waals surface area contributed by atoms with Gasteiger partial charge in [0.05, 0.1) is 11.4 Å². The Hall–Kier alpha value is -2.07. The van der Waals surface area contributed by atoms with Crippen LogP contribution in [-0.4, -0.2) is 27.7 Å². The number of hydrogen-bond acceptors (Lipinski definition) is 3. The number of benzene rings is 1. The van der Waals surface area contributed by atoms with Crippen molar-refractivity contribution in [3.8, 4) is 11.1 Å². The number of aromatic nitrogens is 3. The number of rotatable bonds is 2. The molecular formula is C24H31ClN4. The Bertz CT molecular complexity index is 1020. The van der Waals surface area contributed by atoms with Crippen LogP contribution in [0.2, 0.25) is 5.02 Å². The molecule has 0 saturated carbocycles. The molecule has 3 heterocycles. The smallest absolute Gasteiger partial charge is 0.165 e. The first-order valence-corrected chi connectivity index (χ1v) is 10.9. The lowest BCUT2D eigenvalue weighted by Crippen LogP contribution is -2.40. The number of anilines is 1. The van der Waals surface area contributed by atoms with E-state index in [4.69, 9.17) is 21.7 Å². The number of hydrogen-bond donors (Lipinski definition) is 0. The van der Waals surface area contributed by atoms with Gasteiger partial charge in [0.25, 0.3) is 0 Å². The summed E-state index contributed by atoms with van der Waals surface area (Å²) < 4.78 is 2.05. The minimum atomic E-state index is -0.0427. The second-order valence-electron chi connectivity index (χ2n) is 9.80. The van der Waals surface area contributed by atoms with E-state index in [-0.39, 0.29) is 5.41 Å². The van der Waals surface area contributed by atoms with Crippen LogP contribution in [0.1, 0.15) is 52.4 Å². The topological polar surface area (TPSA) is 33.4 Å². The van der Waals surface area contributed by atoms with Gasteiger partial charge >= 0.3 is 0 Å². The van der Waals surface area contributed by atoms with Crippen LogP contribution in [0.15, 0.2) is 30.3 Å². The molecule has 0 unspecified atom stereocenters. The fraction of sp³-hybridized carbons (Fsp3) is 0.500. The fourth-order valence-corrected chi connectivity index (χ4v) is 4.65. The molecule has 2 atom stereocenters. The van der Waals surface area contributed by atoms with Crippen LogP contribution >= 0.6 is 11.6 Å². The van der Waals surface area contributed by atoms with Gasteiger partial charge in [0.1, 0.15) is 5.82 Å². The van der Waals surface area contributed by atoms with E-state index in [1.807, 2.05) is 12.1 Å². The maximum atomic E-state index is 6.13. The van der Waals surface area contributed by atoms with Crippen LogP contribution in [0.4, 0.5) is 5.82 Å². The molecule has 154 valence electrons. The van der Waals surface area contributed by atoms with Crippen LogP contribution in [-0.2, 0) is 5.41 Å². The van der Waals surface area contributed by atoms with E-state index < -0.39 is 0 Å². The summed E-state index contributed by atoms with van der Waals surface area (Å²) in [5.41, 5.74) is 5.17. The molecule has 1 aromatic carbocycles. The van der Waals surface area contributed by atoms with Crippen LogP contribution in [0.25, 0.3) is 16.8 Å². The Morgan fingerprint density at radius 1 is 1.03 bits per heavy atom. The predicted molar refractivity (Wildman–Crippen MR) is 122 cm³/mol. The van der Waals surface area contributed by atoms with Crippen molar-refractivity contribution < 1.29 is 0 Å². The molecule has 0 spiro atoms. The minimum absolute atomic E-state index is 0.0427. The van der Waals surface area contributed by atoms with Crippen molar-refractivity contribution in [3.05, 3.63) is 46.7 Å². The summed E-state index contributed by atoms with van der Waals surface area (Å²) in [6.07, 6.45) is 1.28. The second-order valence-corrected chi connectivity index (χ2v) is 10.2. The summed E-state index contributed by atoms with van der Waals surface area (Å²) in [4.78, 5) is 7.60. The number of nitrogens with zero attached hydrogens (tertiary/aromatic N) is 4. The summed E-state index contributed by atoms with van der Waals surface area (Å²) >= 11 is 6.13. The Labute approximate surface area is 178 Å². The molecule has 0 amide bonds. The van der Waals surface area contributed by atoms with E-state index in [0.717, 1.165) is 52.1 Å². The van der Waals surface area contributed by atoms with Gasteiger partial charge < -0.3 is 4.90 Å². The number of fused-ring (bicyclic) bond motifs is 1. The summed E-state index contributed by atoms with van der Waals surface area (Å²) in [6.45, 7) is 15.6. The van der Waals surface area contributed by atoms with E-state index in [1.54, 1.807) is 0 Å². The summed E-state index contributed by atoms with van der Waals surface area (Å²) in [5.74, 6) is 2.50. The van der Waals surface area contributed by atoms with Crippen molar-refractivity contribution in [2.24, 2.45) is 11.8 Å². The molecule has 1 saturated heterocycles. The number of piperidine rings is 1. The lowest BCUT2D eigenvalue weighted by molar-refractivity contribution is 0.354. The molecule has 29 heavy (non-hydrogen) atoms. The molecule has 2 aromatic heterocycles. The highest BCUT2D eigenvalue weighted by atomic mass is 35.5. The lowest BCUT2D eigenvalue weighted by atomic mass is 9.90. The van der Waals surface area contributed by atoms with Crippen LogP contribution in [0, 0.1) is 18.8 Å². The van der Waals surface area contributed by atoms with Gasteiger partial charge in [-0.25, -0.2) is 4.98 Å². The average Bonchev–Trinajstić information content (AvgIpc) is 2.96. The standard InChI is InChI=1S/C24H31ClN4/c1-15-11-16(2)14-28(13-15)21-12-20(24(4,5)6)26-23-22(17(3)27-29(21)23)18-7-9-19(25)10-8-18/h7-10,12,15-16H,11,13-14H2,1-6H3/t15-,16+. The highest BCUT2D eigenvalue weighted by molar-refractivity contribution is 6.30. The zero-order chi connectivity index (χ0) is 20.9. The first-order valence-electron chi connectivity index (χ1n) is 10.5. The van der Waals surface area contributed by atoms with Crippen LogP contribution in [0.3, 0.4) is 0 Å². The Morgan fingerprint density at radius 3 is 2.24 bits per heavy atom. The van der Waals surface area contributed by atoms with Gasteiger partial charge in [-0.1, -0.05) is 58.4 Å². The predicted octanol–water partition coefficient (Wildman–Crippen LogP) is 6.14. The average molecular weight is 411 g/mol. The molecule has 4 nitrogen and oxygen atoms in total. The first-order chi connectivity index (χ1) is 13.6. The van der Waals surface area contributed by atoms with Crippen molar-refractivity contribution in [2.75, 3.05) is 18.0 Å². The second kappa shape index (κ2) is 7.32. The Kier molecular flexibility index (Phi) is 5.10. The molecule has 0 aliphatic carbocycles. The van der Waals surface area contributed by atoms with Crippen molar-refractivity contribution in [2.45, 2.75) is 53.4 Å². The third kappa shape index (κ3) is 3.87. The van der Waals surface area contributed by atoms with Gasteiger partial charge in [-0.2, -0.15) is 9.61 Å². The van der Waals surface area contributed by atoms with Crippen molar-refractivity contribution in [3.63, 3.8) is 0 Å². The molecule has 0 N–H and O–H groups in total. The first kappa shape index (κ1) is 20.2. The largest absolute Gasteiger partial charge is 0.356 e. The molecule has 1 aliphatic heterocycles. The van der Waals surface area contributed by atoms with Crippen molar-refractivity contribution in [1.29, 1.82) is 0 Å². The fourth-order valence-electron chi connectivity index (χ4n) is 4.52. The third-order valence-electron chi connectivity index (χ3n) is 5.84. The highest BCUT2D eigenvalue weighted by Crippen LogP contribution is 2.35. The van der Waals surface area contributed by atoms with Gasteiger partial charge in [-0.3, -0.25) is 0 Å². The molecule has 4 rings (SSSR count). The maximum Gasteiger partial charge on any atom is 0.165 e. The van der Waals surface area contributed by atoms with E-state index >= 15 is 0 Å². The SMILES string of the molecule is Cc1nn2c(N3C[C@H](C)C[C@H](C)C3)cc(C(C)(C)C)nc2c1-c1ccc(Cl)cc1. The van der Waals surface area contributed by atoms with Crippen LogP contribution < -0.4 is 4.90 Å². The molecule has 1 aliphatic rings. The third-order valence-corrected chi connectivity index (χ3v) is 6.09. The Balaban J connectivity index is 1.96. The minimum Gasteiger partial charge on any atom is -0.356 e. The quantitative estimate of drug-likeness (QED) is 0.508. The maximum absolute atomic E-state index is 6.13. The van der Waals surface area contributed by atoms with Crippen molar-refractivity contribution in [1.82, 2.24) is 14.6 Å². The molecule has 0 bridgehead atoms. The molecule has 5 heteroatoms. The van der Waals surface area contributed by atoms with Gasteiger partial charge in [0.2, 0.25) is 0 Å². The lowest BCUT2D eigenvalue weighted by Gasteiger charge is -2.37. The molecular weight excluding hydrogens is 380 g/mol. The molecule has 1 fully saturated rings. The summed E-state index contributed by atoms with van der Waals surface area (Å²) in [7, 11) is 0. The van der Waals surface area contributed by atoms with E-state index in [1.165, 1.54) is 6.42 Å². The summed E-state index contributed by atoms with van der Waals surface area (Å²) in [5, 5.41) is 5.68. The van der Waals surface area contributed by atoms with Gasteiger partial charge in [-0.05, 0) is 42.9 Å². The van der Waals surface area contributed by atoms with E-state index in [9.17, 15) is 0 Å². The van der Waals surface area contributed by atoms with Crippen LogP contribution in [0.5, 0.6) is 0 Å². The number of halogens is 1. The normalized spacial score (nSPS) is 20.4. The van der Waals surface area contributed by atoms with E-state index in [0.29, 0.717) is 11.8 Å². The van der Waals surface area contributed by atoms with Gasteiger partial charge in [-0.15, -0.1) is 0 Å². The monoisotopic (exact) mass is 410 g/mol.